The maximum atomic E-state index is 13.7. The average Bonchev–Trinajstić information content (AvgIpc) is 2.60. The number of rotatable bonds is 3. The third-order valence-corrected chi connectivity index (χ3v) is 3.48. The molecule has 3 aromatic carbocycles. The van der Waals surface area contributed by atoms with E-state index >= 15 is 0 Å². The smallest absolute Gasteiger partial charge is 0.343 e. The van der Waals surface area contributed by atoms with Crippen LogP contribution in [-0.4, -0.2) is 13.1 Å². The summed E-state index contributed by atoms with van der Waals surface area (Å²) in [6.07, 6.45) is 0. The normalized spacial score (nSPS) is 10.7. The zero-order valence-electron chi connectivity index (χ0n) is 12.5. The van der Waals surface area contributed by atoms with Crippen LogP contribution in [0.2, 0.25) is 0 Å². The number of hydrogen-bond acceptors (Lipinski definition) is 3. The van der Waals surface area contributed by atoms with Crippen molar-refractivity contribution in [2.45, 2.75) is 0 Å². The molecule has 0 aliphatic rings. The van der Waals surface area contributed by atoms with E-state index in [9.17, 15) is 18.0 Å². The Labute approximate surface area is 135 Å². The second kappa shape index (κ2) is 6.23. The molecule has 0 aliphatic carbocycles. The highest BCUT2D eigenvalue weighted by Gasteiger charge is 2.16. The lowest BCUT2D eigenvalue weighted by atomic mass is 10.1. The molecule has 0 heterocycles. The molecule has 0 aliphatic heterocycles. The second-order valence-corrected chi connectivity index (χ2v) is 4.99. The SMILES string of the molecule is COc1ccc(OC(=O)c2ccc3c(F)c(F)c(F)cc3c2)cc1. The van der Waals surface area contributed by atoms with Crippen molar-refractivity contribution in [1.29, 1.82) is 0 Å². The van der Waals surface area contributed by atoms with Crippen LogP contribution >= 0.6 is 0 Å². The van der Waals surface area contributed by atoms with E-state index in [1.54, 1.807) is 24.3 Å². The van der Waals surface area contributed by atoms with Crippen LogP contribution in [0.15, 0.2) is 48.5 Å². The van der Waals surface area contributed by atoms with E-state index in [0.717, 1.165) is 6.07 Å². The van der Waals surface area contributed by atoms with Crippen molar-refractivity contribution in [2.75, 3.05) is 7.11 Å². The minimum Gasteiger partial charge on any atom is -0.497 e. The van der Waals surface area contributed by atoms with Crippen LogP contribution < -0.4 is 9.47 Å². The molecule has 0 bridgehead atoms. The molecule has 0 atom stereocenters. The van der Waals surface area contributed by atoms with Gasteiger partial charge in [-0.1, -0.05) is 6.07 Å². The van der Waals surface area contributed by atoms with E-state index in [1.165, 1.54) is 25.3 Å². The first-order chi connectivity index (χ1) is 11.5. The van der Waals surface area contributed by atoms with E-state index in [2.05, 4.69) is 0 Å². The average molecular weight is 332 g/mol. The highest BCUT2D eigenvalue weighted by molar-refractivity contribution is 5.96. The Morgan fingerprint density at radius 3 is 2.21 bits per heavy atom. The number of carbonyl (C=O) groups is 1. The molecule has 6 heteroatoms. The van der Waals surface area contributed by atoms with Crippen LogP contribution in [-0.2, 0) is 0 Å². The van der Waals surface area contributed by atoms with Gasteiger partial charge < -0.3 is 9.47 Å². The van der Waals surface area contributed by atoms with Crippen molar-refractivity contribution in [2.24, 2.45) is 0 Å². The molecule has 0 N–H and O–H groups in total. The van der Waals surface area contributed by atoms with Gasteiger partial charge in [0.2, 0.25) is 0 Å². The lowest BCUT2D eigenvalue weighted by Gasteiger charge is -2.07. The van der Waals surface area contributed by atoms with Crippen molar-refractivity contribution >= 4 is 16.7 Å². The molecule has 3 rings (SSSR count). The minimum atomic E-state index is -1.55. The van der Waals surface area contributed by atoms with E-state index < -0.39 is 23.4 Å². The second-order valence-electron chi connectivity index (χ2n) is 4.99. The topological polar surface area (TPSA) is 35.5 Å². The maximum Gasteiger partial charge on any atom is 0.343 e. The van der Waals surface area contributed by atoms with Gasteiger partial charge in [0.05, 0.1) is 12.7 Å². The molecule has 0 saturated heterocycles. The van der Waals surface area contributed by atoms with Crippen molar-refractivity contribution < 1.29 is 27.4 Å². The van der Waals surface area contributed by atoms with Crippen LogP contribution in [0.1, 0.15) is 10.4 Å². The summed E-state index contributed by atoms with van der Waals surface area (Å²) in [5, 5.41) is -0.0505. The van der Waals surface area contributed by atoms with Gasteiger partial charge in [0.15, 0.2) is 17.5 Å². The number of carbonyl (C=O) groups excluding carboxylic acids is 1. The first-order valence-corrected chi connectivity index (χ1v) is 6.93. The summed E-state index contributed by atoms with van der Waals surface area (Å²) in [7, 11) is 1.51. The Balaban J connectivity index is 1.90. The quantitative estimate of drug-likeness (QED) is 0.403. The molecule has 0 fully saturated rings. The van der Waals surface area contributed by atoms with Gasteiger partial charge in [0.1, 0.15) is 11.5 Å². The summed E-state index contributed by atoms with van der Waals surface area (Å²) in [5.74, 6) is -3.96. The molecule has 0 unspecified atom stereocenters. The van der Waals surface area contributed by atoms with Crippen molar-refractivity contribution in [3.8, 4) is 11.5 Å². The number of ether oxygens (including phenoxy) is 2. The van der Waals surface area contributed by atoms with Gasteiger partial charge in [0, 0.05) is 5.39 Å². The van der Waals surface area contributed by atoms with Crippen molar-refractivity contribution in [3.05, 3.63) is 71.5 Å². The van der Waals surface area contributed by atoms with E-state index in [1.807, 2.05) is 0 Å². The summed E-state index contributed by atoms with van der Waals surface area (Å²) >= 11 is 0. The molecule has 0 spiro atoms. The Morgan fingerprint density at radius 1 is 0.875 bits per heavy atom. The summed E-state index contributed by atoms with van der Waals surface area (Å²) in [4.78, 5) is 12.1. The minimum absolute atomic E-state index is 0.0654. The zero-order valence-corrected chi connectivity index (χ0v) is 12.5. The highest BCUT2D eigenvalue weighted by atomic mass is 19.2. The monoisotopic (exact) mass is 332 g/mol. The molecular formula is C18H11F3O3. The Morgan fingerprint density at radius 2 is 1.54 bits per heavy atom. The highest BCUT2D eigenvalue weighted by Crippen LogP contribution is 2.25. The van der Waals surface area contributed by atoms with E-state index in [4.69, 9.17) is 9.47 Å². The summed E-state index contributed by atoms with van der Waals surface area (Å²) in [5.41, 5.74) is 0.0868. The molecule has 0 amide bonds. The third-order valence-electron chi connectivity index (χ3n) is 3.48. The summed E-state index contributed by atoms with van der Waals surface area (Å²) in [6, 6.07) is 10.9. The van der Waals surface area contributed by atoms with Crippen LogP contribution in [0.5, 0.6) is 11.5 Å². The van der Waals surface area contributed by atoms with Gasteiger partial charge in [-0.25, -0.2) is 18.0 Å². The lowest BCUT2D eigenvalue weighted by Crippen LogP contribution is -2.08. The van der Waals surface area contributed by atoms with Crippen LogP contribution in [0.25, 0.3) is 10.8 Å². The first kappa shape index (κ1) is 15.9. The number of benzene rings is 3. The van der Waals surface area contributed by atoms with Crippen molar-refractivity contribution in [1.82, 2.24) is 0 Å². The fraction of sp³-hybridized carbons (Fsp3) is 0.0556. The largest absolute Gasteiger partial charge is 0.497 e. The van der Waals surface area contributed by atoms with Gasteiger partial charge in [-0.3, -0.25) is 0 Å². The predicted molar refractivity (Wildman–Crippen MR) is 81.8 cm³/mol. The van der Waals surface area contributed by atoms with Crippen LogP contribution in [0, 0.1) is 17.5 Å². The Hall–Kier alpha value is -3.02. The molecular weight excluding hydrogens is 321 g/mol. The van der Waals surface area contributed by atoms with Crippen LogP contribution in [0.3, 0.4) is 0 Å². The Bertz CT molecular complexity index is 921. The van der Waals surface area contributed by atoms with E-state index in [-0.39, 0.29) is 22.1 Å². The number of fused-ring (bicyclic) bond motifs is 1. The summed E-state index contributed by atoms with van der Waals surface area (Å²) in [6.45, 7) is 0. The van der Waals surface area contributed by atoms with Crippen LogP contribution in [0.4, 0.5) is 13.2 Å². The summed E-state index contributed by atoms with van der Waals surface area (Å²) < 4.78 is 50.4. The lowest BCUT2D eigenvalue weighted by molar-refractivity contribution is 0.0735. The maximum absolute atomic E-state index is 13.7. The molecule has 3 nitrogen and oxygen atoms in total. The van der Waals surface area contributed by atoms with E-state index in [0.29, 0.717) is 5.75 Å². The fourth-order valence-corrected chi connectivity index (χ4v) is 2.24. The standard InChI is InChI=1S/C18H11F3O3/c1-23-12-3-5-13(6-4-12)24-18(22)10-2-7-14-11(8-10)9-15(19)17(21)16(14)20/h2-9H,1H3. The molecule has 3 aromatic rings. The predicted octanol–water partition coefficient (Wildman–Crippen LogP) is 4.48. The van der Waals surface area contributed by atoms with Gasteiger partial charge in [-0.15, -0.1) is 0 Å². The molecule has 24 heavy (non-hydrogen) atoms. The fourth-order valence-electron chi connectivity index (χ4n) is 2.24. The third kappa shape index (κ3) is 2.90. The molecule has 0 aromatic heterocycles. The van der Waals surface area contributed by atoms with Gasteiger partial charge in [-0.05, 0) is 47.9 Å². The van der Waals surface area contributed by atoms with Gasteiger partial charge >= 0.3 is 5.97 Å². The van der Waals surface area contributed by atoms with Gasteiger partial charge in [-0.2, -0.15) is 0 Å². The molecule has 122 valence electrons. The molecule has 0 saturated carbocycles. The van der Waals surface area contributed by atoms with Crippen molar-refractivity contribution in [3.63, 3.8) is 0 Å². The number of halogens is 3. The number of methoxy groups -OCH3 is 1. The van der Waals surface area contributed by atoms with Gasteiger partial charge in [0.25, 0.3) is 0 Å². The zero-order chi connectivity index (χ0) is 17.3. The first-order valence-electron chi connectivity index (χ1n) is 6.93. The number of esters is 1. The Kier molecular flexibility index (Phi) is 4.12. The number of hydrogen-bond donors (Lipinski definition) is 0. The molecule has 0 radical (unpaired) electrons.